The molecule has 1 aromatic heterocycles. The van der Waals surface area contributed by atoms with Gasteiger partial charge in [0.25, 0.3) is 0 Å². The van der Waals surface area contributed by atoms with Crippen molar-refractivity contribution in [1.29, 1.82) is 0 Å². The lowest BCUT2D eigenvalue weighted by Crippen LogP contribution is -2.28. The number of benzene rings is 1. The molecule has 0 fully saturated rings. The Morgan fingerprint density at radius 3 is 2.74 bits per heavy atom. The number of aromatic nitrogens is 2. The summed E-state index contributed by atoms with van der Waals surface area (Å²) < 4.78 is 39.0. The van der Waals surface area contributed by atoms with Gasteiger partial charge in [-0.2, -0.15) is 18.3 Å². The van der Waals surface area contributed by atoms with Crippen molar-refractivity contribution >= 4 is 5.91 Å². The van der Waals surface area contributed by atoms with Crippen molar-refractivity contribution in [3.8, 4) is 0 Å². The summed E-state index contributed by atoms with van der Waals surface area (Å²) in [6.45, 7) is 1.55. The molecule has 23 heavy (non-hydrogen) atoms. The maximum Gasteiger partial charge on any atom is 0.416 e. The average molecular weight is 325 g/mol. The molecule has 7 heteroatoms. The molecule has 0 aliphatic heterocycles. The normalized spacial score (nSPS) is 12.9. The van der Waals surface area contributed by atoms with E-state index in [1.807, 2.05) is 0 Å². The Balaban J connectivity index is 1.91. The Morgan fingerprint density at radius 2 is 2.09 bits per heavy atom. The molecule has 124 valence electrons. The minimum Gasteiger partial charge on any atom is -0.350 e. The fraction of sp³-hybridized carbons (Fsp3) is 0.375. The number of aryl methyl sites for hydroxylation is 1. The van der Waals surface area contributed by atoms with Crippen LogP contribution >= 0.6 is 0 Å². The van der Waals surface area contributed by atoms with E-state index < -0.39 is 17.8 Å². The van der Waals surface area contributed by atoms with Gasteiger partial charge < -0.3 is 5.32 Å². The number of nitrogens with zero attached hydrogens (tertiary/aromatic N) is 1. The van der Waals surface area contributed by atoms with E-state index in [0.29, 0.717) is 12.8 Å². The van der Waals surface area contributed by atoms with Gasteiger partial charge in [-0.15, -0.1) is 0 Å². The van der Waals surface area contributed by atoms with Crippen LogP contribution in [-0.4, -0.2) is 16.1 Å². The number of alkyl halides is 3. The quantitative estimate of drug-likeness (QED) is 0.852. The average Bonchev–Trinajstić information content (AvgIpc) is 2.99. The first kappa shape index (κ1) is 17.1. The minimum absolute atomic E-state index is 0.0724. The van der Waals surface area contributed by atoms with Gasteiger partial charge in [0.2, 0.25) is 5.91 Å². The van der Waals surface area contributed by atoms with Crippen LogP contribution in [0.5, 0.6) is 0 Å². The van der Waals surface area contributed by atoms with E-state index in [1.165, 1.54) is 18.2 Å². The van der Waals surface area contributed by atoms with E-state index in [9.17, 15) is 18.0 Å². The molecule has 0 radical (unpaired) electrons. The first-order valence-corrected chi connectivity index (χ1v) is 7.31. The number of hydrogen-bond acceptors (Lipinski definition) is 2. The predicted molar refractivity (Wildman–Crippen MR) is 79.5 cm³/mol. The second kappa shape index (κ2) is 7.30. The third-order valence-electron chi connectivity index (χ3n) is 3.53. The van der Waals surface area contributed by atoms with Crippen LogP contribution in [0.3, 0.4) is 0 Å². The summed E-state index contributed by atoms with van der Waals surface area (Å²) in [4.78, 5) is 11.9. The molecular weight excluding hydrogens is 307 g/mol. The summed E-state index contributed by atoms with van der Waals surface area (Å²) in [7, 11) is 0. The molecule has 0 unspecified atom stereocenters. The van der Waals surface area contributed by atoms with Crippen LogP contribution in [0.2, 0.25) is 0 Å². The molecule has 2 N–H and O–H groups in total. The monoisotopic (exact) mass is 325 g/mol. The van der Waals surface area contributed by atoms with Crippen LogP contribution in [0.1, 0.15) is 42.5 Å². The fourth-order valence-corrected chi connectivity index (χ4v) is 2.39. The summed E-state index contributed by atoms with van der Waals surface area (Å²) in [5.74, 6) is -0.266. The van der Waals surface area contributed by atoms with Crippen molar-refractivity contribution in [1.82, 2.24) is 15.5 Å². The molecule has 2 aromatic rings. The highest BCUT2D eigenvalue weighted by Crippen LogP contribution is 2.34. The summed E-state index contributed by atoms with van der Waals surface area (Å²) in [5.41, 5.74) is 0.350. The van der Waals surface area contributed by atoms with Crippen LogP contribution in [-0.2, 0) is 17.4 Å². The molecule has 1 aromatic carbocycles. The zero-order chi connectivity index (χ0) is 16.9. The van der Waals surface area contributed by atoms with Gasteiger partial charge in [0.1, 0.15) is 0 Å². The Kier molecular flexibility index (Phi) is 5.41. The highest BCUT2D eigenvalue weighted by atomic mass is 19.4. The number of rotatable bonds is 6. The molecule has 0 spiro atoms. The first-order valence-electron chi connectivity index (χ1n) is 7.31. The Hall–Kier alpha value is -2.31. The number of halogens is 3. The van der Waals surface area contributed by atoms with E-state index in [-0.39, 0.29) is 17.9 Å². The summed E-state index contributed by atoms with van der Waals surface area (Å²) in [6.07, 6.45) is 0.553. The van der Waals surface area contributed by atoms with Crippen molar-refractivity contribution in [2.24, 2.45) is 0 Å². The van der Waals surface area contributed by atoms with Crippen molar-refractivity contribution in [2.75, 3.05) is 0 Å². The molecule has 0 bridgehead atoms. The second-order valence-corrected chi connectivity index (χ2v) is 5.33. The van der Waals surface area contributed by atoms with E-state index >= 15 is 0 Å². The highest BCUT2D eigenvalue weighted by Gasteiger charge is 2.34. The van der Waals surface area contributed by atoms with Crippen LogP contribution in [0, 0.1) is 0 Å². The molecule has 0 saturated heterocycles. The number of carbonyl (C=O) groups is 1. The lowest BCUT2D eigenvalue weighted by molar-refractivity contribution is -0.138. The largest absolute Gasteiger partial charge is 0.416 e. The number of nitrogens with one attached hydrogen (secondary N) is 2. The topological polar surface area (TPSA) is 57.8 Å². The highest BCUT2D eigenvalue weighted by molar-refractivity contribution is 5.76. The van der Waals surface area contributed by atoms with Gasteiger partial charge in [-0.3, -0.25) is 9.89 Å². The van der Waals surface area contributed by atoms with Crippen molar-refractivity contribution in [2.45, 2.75) is 38.4 Å². The van der Waals surface area contributed by atoms with Crippen LogP contribution in [0.4, 0.5) is 13.2 Å². The van der Waals surface area contributed by atoms with Crippen LogP contribution in [0.15, 0.2) is 36.7 Å². The fourth-order valence-electron chi connectivity index (χ4n) is 2.39. The van der Waals surface area contributed by atoms with Gasteiger partial charge in [0.15, 0.2) is 0 Å². The lowest BCUT2D eigenvalue weighted by Gasteiger charge is -2.19. The molecule has 1 atom stereocenters. The van der Waals surface area contributed by atoms with Crippen molar-refractivity contribution in [3.05, 3.63) is 53.3 Å². The minimum atomic E-state index is -4.43. The Labute approximate surface area is 132 Å². The molecule has 1 amide bonds. The summed E-state index contributed by atoms with van der Waals surface area (Å²) >= 11 is 0. The SMILES string of the molecule is C[C@H](NC(=O)CCCc1cn[nH]c1)c1ccccc1C(F)(F)F. The Morgan fingerprint density at radius 1 is 1.35 bits per heavy atom. The molecule has 0 saturated carbocycles. The smallest absolute Gasteiger partial charge is 0.350 e. The molecule has 4 nitrogen and oxygen atoms in total. The van der Waals surface area contributed by atoms with Crippen LogP contribution < -0.4 is 5.32 Å². The number of hydrogen-bond donors (Lipinski definition) is 2. The van der Waals surface area contributed by atoms with Gasteiger partial charge >= 0.3 is 6.18 Å². The van der Waals surface area contributed by atoms with Crippen molar-refractivity contribution < 1.29 is 18.0 Å². The van der Waals surface area contributed by atoms with Gasteiger partial charge in [-0.25, -0.2) is 0 Å². The number of carbonyl (C=O) groups excluding carboxylic acids is 1. The lowest BCUT2D eigenvalue weighted by atomic mass is 10.0. The molecular formula is C16H18F3N3O. The third-order valence-corrected chi connectivity index (χ3v) is 3.53. The van der Waals surface area contributed by atoms with Gasteiger partial charge in [0, 0.05) is 12.6 Å². The number of amides is 1. The molecule has 1 heterocycles. The van der Waals surface area contributed by atoms with E-state index in [0.717, 1.165) is 11.6 Å². The van der Waals surface area contributed by atoms with Crippen LogP contribution in [0.25, 0.3) is 0 Å². The standard InChI is InChI=1S/C16H18F3N3O/c1-11(13-6-2-3-7-14(13)16(17,18)19)22-15(23)8-4-5-12-9-20-21-10-12/h2-3,6-7,9-11H,4-5,8H2,1H3,(H,20,21)(H,22,23)/t11-/m0/s1. The zero-order valence-corrected chi connectivity index (χ0v) is 12.7. The van der Waals surface area contributed by atoms with E-state index in [2.05, 4.69) is 15.5 Å². The van der Waals surface area contributed by atoms with E-state index in [4.69, 9.17) is 0 Å². The summed E-state index contributed by atoms with van der Waals surface area (Å²) in [6, 6.07) is 4.59. The van der Waals surface area contributed by atoms with Gasteiger partial charge in [0.05, 0.1) is 17.8 Å². The maximum absolute atomic E-state index is 13.0. The molecule has 0 aliphatic rings. The predicted octanol–water partition coefficient (Wildman–Crippen LogP) is 3.63. The van der Waals surface area contributed by atoms with E-state index in [1.54, 1.807) is 19.3 Å². The molecule has 2 rings (SSSR count). The van der Waals surface area contributed by atoms with Gasteiger partial charge in [-0.05, 0) is 37.0 Å². The van der Waals surface area contributed by atoms with Crippen molar-refractivity contribution in [3.63, 3.8) is 0 Å². The summed E-state index contributed by atoms with van der Waals surface area (Å²) in [5, 5.41) is 9.12. The Bertz CT molecular complexity index is 638. The van der Waals surface area contributed by atoms with Gasteiger partial charge in [-0.1, -0.05) is 18.2 Å². The first-order chi connectivity index (χ1) is 10.9. The number of H-pyrrole nitrogens is 1. The molecule has 0 aliphatic carbocycles. The maximum atomic E-state index is 13.0. The number of aromatic amines is 1. The zero-order valence-electron chi connectivity index (χ0n) is 12.7. The third kappa shape index (κ3) is 4.84. The second-order valence-electron chi connectivity index (χ2n) is 5.33.